The van der Waals surface area contributed by atoms with Crippen molar-refractivity contribution in [3.8, 4) is 11.5 Å². The van der Waals surface area contributed by atoms with Gasteiger partial charge in [-0.2, -0.15) is 0 Å². The SMILES string of the molecule is CNC(=O)[C@@H](C)N1CCC[C@@H]1c1ccc2c(c1)OCCCO2. The van der Waals surface area contributed by atoms with E-state index in [4.69, 9.17) is 9.47 Å². The third-order valence-corrected chi connectivity index (χ3v) is 4.57. The lowest BCUT2D eigenvalue weighted by atomic mass is 10.0. The van der Waals surface area contributed by atoms with E-state index in [1.165, 1.54) is 5.56 Å². The Balaban J connectivity index is 1.83. The van der Waals surface area contributed by atoms with Crippen molar-refractivity contribution in [1.82, 2.24) is 10.2 Å². The lowest BCUT2D eigenvalue weighted by molar-refractivity contribution is -0.125. The molecule has 0 spiro atoms. The summed E-state index contributed by atoms with van der Waals surface area (Å²) in [7, 11) is 1.69. The number of likely N-dealkylation sites (tertiary alicyclic amines) is 1. The first-order valence-electron chi connectivity index (χ1n) is 8.07. The molecule has 1 fully saturated rings. The molecule has 1 aromatic rings. The van der Waals surface area contributed by atoms with Crippen molar-refractivity contribution in [2.24, 2.45) is 0 Å². The van der Waals surface area contributed by atoms with Crippen molar-refractivity contribution in [3.05, 3.63) is 23.8 Å². The van der Waals surface area contributed by atoms with Crippen molar-refractivity contribution < 1.29 is 14.3 Å². The number of likely N-dealkylation sites (N-methyl/N-ethyl adjacent to an activating group) is 1. The minimum Gasteiger partial charge on any atom is -0.490 e. The average molecular weight is 304 g/mol. The number of nitrogens with zero attached hydrogens (tertiary/aromatic N) is 1. The lowest BCUT2D eigenvalue weighted by Crippen LogP contribution is -2.43. The molecule has 0 saturated carbocycles. The monoisotopic (exact) mass is 304 g/mol. The van der Waals surface area contributed by atoms with E-state index in [9.17, 15) is 4.79 Å². The van der Waals surface area contributed by atoms with Gasteiger partial charge in [-0.15, -0.1) is 0 Å². The van der Waals surface area contributed by atoms with Crippen LogP contribution in [0.3, 0.4) is 0 Å². The number of amides is 1. The van der Waals surface area contributed by atoms with Crippen LogP contribution in [-0.4, -0.2) is 43.7 Å². The predicted octanol–water partition coefficient (Wildman–Crippen LogP) is 2.12. The Morgan fingerprint density at radius 3 is 2.82 bits per heavy atom. The first-order chi connectivity index (χ1) is 10.7. The van der Waals surface area contributed by atoms with Crippen LogP contribution in [0, 0.1) is 0 Å². The molecule has 5 heteroatoms. The molecule has 120 valence electrons. The highest BCUT2D eigenvalue weighted by molar-refractivity contribution is 5.81. The van der Waals surface area contributed by atoms with Crippen LogP contribution >= 0.6 is 0 Å². The van der Waals surface area contributed by atoms with Crippen molar-refractivity contribution in [1.29, 1.82) is 0 Å². The smallest absolute Gasteiger partial charge is 0.236 e. The average Bonchev–Trinajstić information content (AvgIpc) is 2.91. The third-order valence-electron chi connectivity index (χ3n) is 4.57. The summed E-state index contributed by atoms with van der Waals surface area (Å²) in [5.41, 5.74) is 1.21. The molecule has 0 radical (unpaired) electrons. The zero-order valence-electron chi connectivity index (χ0n) is 13.3. The molecule has 0 unspecified atom stereocenters. The number of nitrogens with one attached hydrogen (secondary N) is 1. The molecule has 1 N–H and O–H groups in total. The van der Waals surface area contributed by atoms with Gasteiger partial charge in [-0.25, -0.2) is 0 Å². The van der Waals surface area contributed by atoms with Crippen LogP contribution in [-0.2, 0) is 4.79 Å². The van der Waals surface area contributed by atoms with Crippen LogP contribution < -0.4 is 14.8 Å². The Kier molecular flexibility index (Phi) is 4.52. The van der Waals surface area contributed by atoms with Gasteiger partial charge < -0.3 is 14.8 Å². The Morgan fingerprint density at radius 1 is 1.27 bits per heavy atom. The lowest BCUT2D eigenvalue weighted by Gasteiger charge is -2.30. The number of carbonyl (C=O) groups excluding carboxylic acids is 1. The Bertz CT molecular complexity index is 547. The van der Waals surface area contributed by atoms with Crippen molar-refractivity contribution in [2.75, 3.05) is 26.8 Å². The molecular formula is C17H24N2O3. The zero-order chi connectivity index (χ0) is 15.5. The molecule has 5 nitrogen and oxygen atoms in total. The largest absolute Gasteiger partial charge is 0.490 e. The Hall–Kier alpha value is -1.75. The van der Waals surface area contributed by atoms with Crippen LogP contribution in [0.15, 0.2) is 18.2 Å². The second kappa shape index (κ2) is 6.57. The number of fused-ring (bicyclic) bond motifs is 1. The van der Waals surface area contributed by atoms with Crippen molar-refractivity contribution in [2.45, 2.75) is 38.3 Å². The summed E-state index contributed by atoms with van der Waals surface area (Å²) >= 11 is 0. The zero-order valence-corrected chi connectivity index (χ0v) is 13.3. The maximum absolute atomic E-state index is 12.0. The van der Waals surface area contributed by atoms with Gasteiger partial charge >= 0.3 is 0 Å². The number of rotatable bonds is 3. The standard InChI is InChI=1S/C17H24N2O3/c1-12(17(20)18-2)19-8-3-5-14(19)13-6-7-15-16(11-13)22-10-4-9-21-15/h6-7,11-12,14H,3-5,8-10H2,1-2H3,(H,18,20)/t12-,14-/m1/s1. The van der Waals surface area contributed by atoms with Gasteiger partial charge in [0.15, 0.2) is 11.5 Å². The predicted molar refractivity (Wildman–Crippen MR) is 84.3 cm³/mol. The van der Waals surface area contributed by atoms with Gasteiger partial charge in [0.1, 0.15) is 0 Å². The highest BCUT2D eigenvalue weighted by atomic mass is 16.5. The summed E-state index contributed by atoms with van der Waals surface area (Å²) < 4.78 is 11.5. The third kappa shape index (κ3) is 2.90. The minimum absolute atomic E-state index is 0.0706. The Morgan fingerprint density at radius 2 is 2.05 bits per heavy atom. The summed E-state index contributed by atoms with van der Waals surface area (Å²) in [5, 5.41) is 2.75. The minimum atomic E-state index is -0.117. The van der Waals surface area contributed by atoms with E-state index < -0.39 is 0 Å². The number of benzene rings is 1. The van der Waals surface area contributed by atoms with Gasteiger partial charge in [0, 0.05) is 19.5 Å². The first kappa shape index (κ1) is 15.2. The van der Waals surface area contributed by atoms with Gasteiger partial charge in [-0.3, -0.25) is 9.69 Å². The molecule has 0 aromatic heterocycles. The van der Waals surface area contributed by atoms with Gasteiger partial charge in [0.25, 0.3) is 0 Å². The fourth-order valence-corrected chi connectivity index (χ4v) is 3.36. The number of hydrogen-bond acceptors (Lipinski definition) is 4. The summed E-state index contributed by atoms with van der Waals surface area (Å²) in [6.45, 7) is 4.32. The van der Waals surface area contributed by atoms with E-state index in [1.807, 2.05) is 13.0 Å². The molecule has 2 heterocycles. The normalized spacial score (nSPS) is 22.9. The maximum Gasteiger partial charge on any atom is 0.236 e. The molecule has 1 saturated heterocycles. The molecule has 2 aliphatic heterocycles. The van der Waals surface area contributed by atoms with Crippen LogP contribution in [0.5, 0.6) is 11.5 Å². The van der Waals surface area contributed by atoms with E-state index in [-0.39, 0.29) is 18.0 Å². The first-order valence-corrected chi connectivity index (χ1v) is 8.07. The fourth-order valence-electron chi connectivity index (χ4n) is 3.36. The molecule has 0 bridgehead atoms. The molecule has 1 amide bonds. The van der Waals surface area contributed by atoms with Gasteiger partial charge in [-0.05, 0) is 44.0 Å². The van der Waals surface area contributed by atoms with Crippen LogP contribution in [0.2, 0.25) is 0 Å². The summed E-state index contributed by atoms with van der Waals surface area (Å²) in [4.78, 5) is 14.2. The van der Waals surface area contributed by atoms with Gasteiger partial charge in [0.05, 0.1) is 19.3 Å². The van der Waals surface area contributed by atoms with E-state index in [1.54, 1.807) is 7.05 Å². The van der Waals surface area contributed by atoms with E-state index in [0.29, 0.717) is 13.2 Å². The van der Waals surface area contributed by atoms with Crippen LogP contribution in [0.4, 0.5) is 0 Å². The molecule has 1 aromatic carbocycles. The second-order valence-electron chi connectivity index (χ2n) is 5.94. The number of hydrogen-bond donors (Lipinski definition) is 1. The Labute approximate surface area is 131 Å². The maximum atomic E-state index is 12.0. The van der Waals surface area contributed by atoms with Gasteiger partial charge in [0.2, 0.25) is 5.91 Å². The number of carbonyl (C=O) groups is 1. The van der Waals surface area contributed by atoms with Crippen molar-refractivity contribution >= 4 is 5.91 Å². The topological polar surface area (TPSA) is 50.8 Å². The van der Waals surface area contributed by atoms with Crippen molar-refractivity contribution in [3.63, 3.8) is 0 Å². The summed E-state index contributed by atoms with van der Waals surface area (Å²) in [5.74, 6) is 1.72. The van der Waals surface area contributed by atoms with E-state index >= 15 is 0 Å². The summed E-state index contributed by atoms with van der Waals surface area (Å²) in [6, 6.07) is 6.34. The molecule has 2 aliphatic rings. The van der Waals surface area contributed by atoms with Crippen LogP contribution in [0.1, 0.15) is 37.8 Å². The van der Waals surface area contributed by atoms with Gasteiger partial charge in [-0.1, -0.05) is 6.07 Å². The molecular weight excluding hydrogens is 280 g/mol. The highest BCUT2D eigenvalue weighted by Gasteiger charge is 2.33. The molecule has 3 rings (SSSR count). The quantitative estimate of drug-likeness (QED) is 0.929. The van der Waals surface area contributed by atoms with Crippen LogP contribution in [0.25, 0.3) is 0 Å². The summed E-state index contributed by atoms with van der Waals surface area (Å²) in [6.07, 6.45) is 3.09. The van der Waals surface area contributed by atoms with E-state index in [0.717, 1.165) is 37.3 Å². The fraction of sp³-hybridized carbons (Fsp3) is 0.588. The second-order valence-corrected chi connectivity index (χ2v) is 5.94. The number of ether oxygens (including phenoxy) is 2. The highest BCUT2D eigenvalue weighted by Crippen LogP contribution is 2.38. The molecule has 0 aliphatic carbocycles. The molecule has 2 atom stereocenters. The molecule has 22 heavy (non-hydrogen) atoms. The van der Waals surface area contributed by atoms with E-state index in [2.05, 4.69) is 22.3 Å².